The van der Waals surface area contributed by atoms with Gasteiger partial charge in [-0.05, 0) is 35.0 Å². The maximum atomic E-state index is 10.5. The van der Waals surface area contributed by atoms with Gasteiger partial charge in [0.25, 0.3) is 5.69 Å². The van der Waals surface area contributed by atoms with Crippen molar-refractivity contribution in [1.82, 2.24) is 0 Å². The molecule has 0 aliphatic heterocycles. The fraction of sp³-hybridized carbons (Fsp3) is 0.400. The minimum atomic E-state index is -3.04. The van der Waals surface area contributed by atoms with Crippen LogP contribution in [0.15, 0.2) is 29.2 Å². The van der Waals surface area contributed by atoms with Crippen LogP contribution in [0.3, 0.4) is 0 Å². The van der Waals surface area contributed by atoms with Crippen molar-refractivity contribution < 1.29 is 14.7 Å². The number of nitrogens with zero attached hydrogens (tertiary/aromatic N) is 1. The average molecular weight is 309 g/mol. The first kappa shape index (κ1) is 15.7. The predicted molar refractivity (Wildman–Crippen MR) is 78.8 cm³/mol. The molecule has 0 atom stereocenters. The van der Waals surface area contributed by atoms with E-state index in [0.29, 0.717) is 4.90 Å². The van der Waals surface area contributed by atoms with Gasteiger partial charge in [-0.2, -0.15) is 0 Å². The van der Waals surface area contributed by atoms with Crippen molar-refractivity contribution in [1.29, 1.82) is 0 Å². The van der Waals surface area contributed by atoms with E-state index in [-0.39, 0.29) is 5.69 Å². The lowest BCUT2D eigenvalue weighted by Crippen LogP contribution is -1.98. The third kappa shape index (κ3) is 4.10. The Labute approximate surface area is 112 Å². The fourth-order valence-corrected chi connectivity index (χ4v) is 10.2. The maximum Gasteiger partial charge on any atom is 0.269 e. The molecule has 1 aromatic rings. The van der Waals surface area contributed by atoms with Crippen molar-refractivity contribution in [2.45, 2.75) is 18.7 Å². The summed E-state index contributed by atoms with van der Waals surface area (Å²) in [7, 11) is -0.412. The normalized spacial score (nSPS) is 11.8. The zero-order valence-electron chi connectivity index (χ0n) is 10.1. The van der Waals surface area contributed by atoms with Gasteiger partial charge < -0.3 is 9.79 Å². The SMILES string of the molecule is CCS(CC)=P(O)(O)Sc1ccc([N+](=O)[O-])cc1. The topological polar surface area (TPSA) is 83.6 Å². The van der Waals surface area contributed by atoms with Gasteiger partial charge in [0.15, 0.2) is 0 Å². The molecule has 0 bridgehead atoms. The number of nitro groups is 1. The van der Waals surface area contributed by atoms with Gasteiger partial charge in [0.05, 0.1) is 4.92 Å². The smallest absolute Gasteiger partial charge is 0.269 e. The van der Waals surface area contributed by atoms with E-state index in [1.165, 1.54) is 12.1 Å². The maximum absolute atomic E-state index is 10.5. The van der Waals surface area contributed by atoms with Crippen molar-refractivity contribution in [3.63, 3.8) is 0 Å². The third-order valence-electron chi connectivity index (χ3n) is 2.27. The van der Waals surface area contributed by atoms with Crippen molar-refractivity contribution in [2.24, 2.45) is 0 Å². The summed E-state index contributed by atoms with van der Waals surface area (Å²) in [6.07, 6.45) is 0. The van der Waals surface area contributed by atoms with Crippen molar-refractivity contribution >= 4 is 32.8 Å². The zero-order chi connectivity index (χ0) is 13.8. The Morgan fingerprint density at radius 1 is 1.28 bits per heavy atom. The molecule has 0 radical (unpaired) electrons. The molecule has 102 valence electrons. The van der Waals surface area contributed by atoms with Crippen molar-refractivity contribution in [3.05, 3.63) is 34.4 Å². The van der Waals surface area contributed by atoms with Crippen LogP contribution in [0.25, 0.3) is 0 Å². The van der Waals surface area contributed by atoms with E-state index in [0.717, 1.165) is 22.9 Å². The predicted octanol–water partition coefficient (Wildman–Crippen LogP) is 3.01. The van der Waals surface area contributed by atoms with Gasteiger partial charge in [0.2, 0.25) is 5.69 Å². The summed E-state index contributed by atoms with van der Waals surface area (Å²) in [5, 5.41) is 10.5. The molecule has 1 aromatic carbocycles. The highest BCUT2D eigenvalue weighted by molar-refractivity contribution is 8.72. The summed E-state index contributed by atoms with van der Waals surface area (Å²) in [4.78, 5) is 30.9. The third-order valence-corrected chi connectivity index (χ3v) is 12.5. The molecule has 0 aliphatic rings. The van der Waals surface area contributed by atoms with Gasteiger partial charge in [-0.25, -0.2) is 0 Å². The number of nitro benzene ring substituents is 1. The summed E-state index contributed by atoms with van der Waals surface area (Å²) in [5.74, 6) is 1.47. The second-order valence-corrected chi connectivity index (χ2v) is 12.9. The Bertz CT molecular complexity index is 477. The molecule has 0 amide bonds. The second kappa shape index (κ2) is 6.73. The molecule has 5 nitrogen and oxygen atoms in total. The summed E-state index contributed by atoms with van der Waals surface area (Å²) in [5.41, 5.74) is -3.03. The number of rotatable bonds is 5. The van der Waals surface area contributed by atoms with E-state index < -0.39 is 20.7 Å². The minimum Gasteiger partial charge on any atom is -0.341 e. The zero-order valence-corrected chi connectivity index (χ0v) is 12.7. The van der Waals surface area contributed by atoms with Crippen LogP contribution in [0.2, 0.25) is 0 Å². The summed E-state index contributed by atoms with van der Waals surface area (Å²) in [6.45, 7) is 3.87. The first-order valence-electron chi connectivity index (χ1n) is 5.37. The average Bonchev–Trinajstić information content (AvgIpc) is 2.30. The van der Waals surface area contributed by atoms with Crippen LogP contribution in [0.5, 0.6) is 0 Å². The van der Waals surface area contributed by atoms with Crippen molar-refractivity contribution in [2.75, 3.05) is 11.5 Å². The molecule has 0 aliphatic carbocycles. The van der Waals surface area contributed by atoms with Crippen LogP contribution in [0.4, 0.5) is 5.69 Å². The standard InChI is InChI=1S/C10H16NO4PS2/c1-3-18(4-2)16(14,15)17-10-7-5-9(6-8-10)11(12)13/h5-8,14-15H,3-4H2,1-2H3. The number of non-ortho nitro benzene ring substituents is 1. The van der Waals surface area contributed by atoms with E-state index in [4.69, 9.17) is 0 Å². The lowest BCUT2D eigenvalue weighted by atomic mass is 10.3. The van der Waals surface area contributed by atoms with Crippen LogP contribution in [0, 0.1) is 10.1 Å². The highest BCUT2D eigenvalue weighted by Gasteiger charge is 2.17. The molecule has 0 aromatic heterocycles. The summed E-state index contributed by atoms with van der Waals surface area (Å²) in [6, 6.07) is 5.85. The highest BCUT2D eigenvalue weighted by Crippen LogP contribution is 2.59. The molecule has 8 heteroatoms. The van der Waals surface area contributed by atoms with E-state index >= 15 is 0 Å². The molecule has 0 spiro atoms. The second-order valence-electron chi connectivity index (χ2n) is 3.37. The molecule has 1 rings (SSSR count). The lowest BCUT2D eigenvalue weighted by molar-refractivity contribution is -0.384. The lowest BCUT2D eigenvalue weighted by Gasteiger charge is -2.17. The van der Waals surface area contributed by atoms with Crippen molar-refractivity contribution in [3.8, 4) is 0 Å². The molecular formula is C10H16NO4PS2. The number of hydrogen-bond acceptors (Lipinski definition) is 3. The van der Waals surface area contributed by atoms with Gasteiger partial charge in [0, 0.05) is 17.0 Å². The van der Waals surface area contributed by atoms with Gasteiger partial charge in [-0.3, -0.25) is 10.1 Å². The number of hydrogen-bond donors (Lipinski definition) is 2. The Balaban J connectivity index is 2.97. The van der Waals surface area contributed by atoms with Crippen LogP contribution >= 0.6 is 17.1 Å². The van der Waals surface area contributed by atoms with E-state index in [9.17, 15) is 19.9 Å². The van der Waals surface area contributed by atoms with E-state index in [1.807, 2.05) is 13.8 Å². The minimum absolute atomic E-state index is 0.00384. The molecule has 0 unspecified atom stereocenters. The van der Waals surface area contributed by atoms with Gasteiger partial charge in [-0.1, -0.05) is 13.8 Å². The molecule has 0 heterocycles. The van der Waals surface area contributed by atoms with E-state index in [1.54, 1.807) is 12.1 Å². The molecule has 0 saturated carbocycles. The Morgan fingerprint density at radius 2 is 1.78 bits per heavy atom. The first-order chi connectivity index (χ1) is 8.40. The van der Waals surface area contributed by atoms with Gasteiger partial charge >= 0.3 is 0 Å². The van der Waals surface area contributed by atoms with Crippen LogP contribution < -0.4 is 0 Å². The molecular weight excluding hydrogens is 293 g/mol. The van der Waals surface area contributed by atoms with E-state index in [2.05, 4.69) is 0 Å². The molecule has 2 N–H and O–H groups in total. The van der Waals surface area contributed by atoms with Gasteiger partial charge in [0.1, 0.15) is 0 Å². The molecule has 0 saturated heterocycles. The quantitative estimate of drug-likeness (QED) is 0.496. The monoisotopic (exact) mass is 309 g/mol. The highest BCUT2D eigenvalue weighted by atomic mass is 32.9. The van der Waals surface area contributed by atoms with Crippen LogP contribution in [-0.2, 0) is 10.1 Å². The Morgan fingerprint density at radius 3 is 2.17 bits per heavy atom. The summed E-state index contributed by atoms with van der Waals surface area (Å²) < 4.78 is 0. The molecule has 18 heavy (non-hydrogen) atoms. The summed E-state index contributed by atoms with van der Waals surface area (Å²) >= 11 is 1.04. The van der Waals surface area contributed by atoms with Crippen LogP contribution in [-0.4, -0.2) is 26.2 Å². The first-order valence-corrected chi connectivity index (χ1v) is 10.7. The Hall–Kier alpha value is -0.330. The molecule has 0 fully saturated rings. The van der Waals surface area contributed by atoms with Crippen LogP contribution in [0.1, 0.15) is 13.8 Å². The largest absolute Gasteiger partial charge is 0.341 e. The van der Waals surface area contributed by atoms with Gasteiger partial charge in [-0.15, -0.1) is 10.1 Å². The fourth-order valence-electron chi connectivity index (χ4n) is 1.36. The number of benzene rings is 1. The Kier molecular flexibility index (Phi) is 5.88.